The van der Waals surface area contributed by atoms with Gasteiger partial charge in [-0.05, 0) is 97.2 Å². The minimum absolute atomic E-state index is 0.202. The normalized spacial score (nSPS) is 47.8. The summed E-state index contributed by atoms with van der Waals surface area (Å²) in [5.41, 5.74) is 1.98. The lowest BCUT2D eigenvalue weighted by atomic mass is 9.46. The second-order valence-electron chi connectivity index (χ2n) is 12.8. The molecule has 0 saturated heterocycles. The van der Waals surface area contributed by atoms with E-state index in [1.54, 1.807) is 0 Å². The Hall–Kier alpha value is -0.340. The molecular weight excluding hydrogens is 368 g/mol. The molecule has 0 radical (unpaired) electrons. The van der Waals surface area contributed by atoms with Crippen molar-refractivity contribution in [3.8, 4) is 0 Å². The Morgan fingerprint density at radius 2 is 1.67 bits per heavy atom. The molecule has 30 heavy (non-hydrogen) atoms. The first-order valence-electron chi connectivity index (χ1n) is 13.1. The summed E-state index contributed by atoms with van der Waals surface area (Å²) in [6.07, 6.45) is 12.5. The van der Waals surface area contributed by atoms with Crippen molar-refractivity contribution in [3.63, 3.8) is 0 Å². The van der Waals surface area contributed by atoms with Gasteiger partial charge in [0.2, 0.25) is 0 Å². The largest absolute Gasteiger partial charge is 0.393 e. The van der Waals surface area contributed by atoms with Crippen molar-refractivity contribution < 1.29 is 10.2 Å². The fourth-order valence-corrected chi connectivity index (χ4v) is 8.67. The topological polar surface area (TPSA) is 40.5 Å². The molecule has 10 atom stereocenters. The van der Waals surface area contributed by atoms with Crippen LogP contribution in [-0.4, -0.2) is 22.4 Å². The summed E-state index contributed by atoms with van der Waals surface area (Å²) in [5, 5.41) is 21.5. The third kappa shape index (κ3) is 3.62. The zero-order chi connectivity index (χ0) is 21.8. The summed E-state index contributed by atoms with van der Waals surface area (Å²) in [6, 6.07) is 0. The smallest absolute Gasteiger partial charge is 0.0757 e. The van der Waals surface area contributed by atoms with E-state index in [0.717, 1.165) is 42.9 Å². The number of aliphatic hydroxyl groups is 2. The lowest BCUT2D eigenvalue weighted by Crippen LogP contribution is -2.54. The van der Waals surface area contributed by atoms with Crippen LogP contribution in [-0.2, 0) is 0 Å². The summed E-state index contributed by atoms with van der Waals surface area (Å²) in [5.74, 6) is 4.92. The van der Waals surface area contributed by atoms with Crippen LogP contribution in [0.15, 0.2) is 11.6 Å². The number of rotatable bonds is 5. The molecule has 3 saturated carbocycles. The van der Waals surface area contributed by atoms with E-state index in [0.29, 0.717) is 23.2 Å². The van der Waals surface area contributed by atoms with Crippen LogP contribution in [0.1, 0.15) is 99.3 Å². The van der Waals surface area contributed by atoms with Gasteiger partial charge in [-0.2, -0.15) is 0 Å². The first kappa shape index (κ1) is 22.8. The lowest BCUT2D eigenvalue weighted by Gasteiger charge is -2.59. The van der Waals surface area contributed by atoms with Crippen molar-refractivity contribution in [1.82, 2.24) is 0 Å². The van der Waals surface area contributed by atoms with Crippen molar-refractivity contribution >= 4 is 0 Å². The zero-order valence-corrected chi connectivity index (χ0v) is 20.5. The molecule has 0 bridgehead atoms. The molecule has 4 unspecified atom stereocenters. The van der Waals surface area contributed by atoms with Crippen LogP contribution in [0.3, 0.4) is 0 Å². The molecule has 2 N–H and O–H groups in total. The fraction of sp³-hybridized carbons (Fsp3) is 0.929. The molecule has 0 aromatic heterocycles. The molecule has 0 heterocycles. The number of hydrogen-bond acceptors (Lipinski definition) is 2. The molecule has 2 heteroatoms. The Labute approximate surface area is 185 Å². The van der Waals surface area contributed by atoms with Gasteiger partial charge in [0, 0.05) is 0 Å². The molecule has 0 spiro atoms. The van der Waals surface area contributed by atoms with E-state index >= 15 is 0 Å². The van der Waals surface area contributed by atoms with Gasteiger partial charge in [0.15, 0.2) is 0 Å². The Kier molecular flexibility index (Phi) is 6.26. The van der Waals surface area contributed by atoms with Crippen LogP contribution in [0.5, 0.6) is 0 Å². The summed E-state index contributed by atoms with van der Waals surface area (Å²) in [6.45, 7) is 14.7. The van der Waals surface area contributed by atoms with E-state index in [1.165, 1.54) is 44.1 Å². The molecule has 0 aromatic carbocycles. The summed E-state index contributed by atoms with van der Waals surface area (Å²) in [7, 11) is 0. The predicted molar refractivity (Wildman–Crippen MR) is 125 cm³/mol. The maximum absolute atomic E-state index is 11.3. The molecule has 3 fully saturated rings. The van der Waals surface area contributed by atoms with Crippen LogP contribution >= 0.6 is 0 Å². The zero-order valence-electron chi connectivity index (χ0n) is 20.5. The lowest BCUT2D eigenvalue weighted by molar-refractivity contribution is -0.0971. The highest BCUT2D eigenvalue weighted by molar-refractivity contribution is 5.27. The van der Waals surface area contributed by atoms with E-state index in [9.17, 15) is 10.2 Å². The highest BCUT2D eigenvalue weighted by Gasteiger charge is 2.61. The Bertz CT molecular complexity index is 653. The van der Waals surface area contributed by atoms with Gasteiger partial charge in [0.05, 0.1) is 12.2 Å². The van der Waals surface area contributed by atoms with E-state index in [2.05, 4.69) is 47.6 Å². The van der Waals surface area contributed by atoms with Crippen LogP contribution in [0.25, 0.3) is 0 Å². The van der Waals surface area contributed by atoms with E-state index in [4.69, 9.17) is 0 Å². The summed E-state index contributed by atoms with van der Waals surface area (Å²) >= 11 is 0. The Morgan fingerprint density at radius 1 is 0.933 bits per heavy atom. The van der Waals surface area contributed by atoms with Gasteiger partial charge in [-0.25, -0.2) is 0 Å². The van der Waals surface area contributed by atoms with Crippen LogP contribution < -0.4 is 0 Å². The van der Waals surface area contributed by atoms with E-state index in [-0.39, 0.29) is 17.6 Å². The molecule has 4 rings (SSSR count). The number of hydrogen-bond donors (Lipinski definition) is 2. The molecule has 0 amide bonds. The SMILES string of the molecule is CC(C)[C@@H](C)CC[C@@H](C)C1CCC2C3C(CC[C@@]21C)[C@@]1(C)CC[C@H](O)CC1=C[C@@H]3O. The highest BCUT2D eigenvalue weighted by Crippen LogP contribution is 2.67. The average Bonchev–Trinajstić information content (AvgIpc) is 3.04. The third-order valence-electron chi connectivity index (χ3n) is 11.1. The van der Waals surface area contributed by atoms with Crippen molar-refractivity contribution in [3.05, 3.63) is 11.6 Å². The second-order valence-corrected chi connectivity index (χ2v) is 12.8. The first-order chi connectivity index (χ1) is 14.1. The van der Waals surface area contributed by atoms with Crippen LogP contribution in [0.2, 0.25) is 0 Å². The van der Waals surface area contributed by atoms with Crippen LogP contribution in [0, 0.1) is 52.3 Å². The number of fused-ring (bicyclic) bond motifs is 5. The van der Waals surface area contributed by atoms with Crippen molar-refractivity contribution in [2.75, 3.05) is 0 Å². The van der Waals surface area contributed by atoms with Gasteiger partial charge < -0.3 is 10.2 Å². The standard InChI is InChI=1S/C28H48O2/c1-17(2)18(3)7-8-19(4)22-9-10-23-26-24(12-14-28(22,23)6)27(5)13-11-21(29)15-20(27)16-25(26)30/h16-19,21-26,29-30H,7-15H2,1-6H3/t18-,19+,21-,22?,23?,24?,25-,26?,27-,28+/m0/s1. The predicted octanol–water partition coefficient (Wildman–Crippen LogP) is 6.61. The van der Waals surface area contributed by atoms with E-state index in [1.807, 2.05) is 0 Å². The van der Waals surface area contributed by atoms with Gasteiger partial charge in [-0.1, -0.05) is 66.0 Å². The second kappa shape index (κ2) is 8.22. The van der Waals surface area contributed by atoms with Crippen molar-refractivity contribution in [2.24, 2.45) is 52.3 Å². The minimum atomic E-state index is -0.303. The van der Waals surface area contributed by atoms with Gasteiger partial charge >= 0.3 is 0 Å². The monoisotopic (exact) mass is 416 g/mol. The summed E-state index contributed by atoms with van der Waals surface area (Å²) in [4.78, 5) is 0. The van der Waals surface area contributed by atoms with Gasteiger partial charge in [0.25, 0.3) is 0 Å². The quantitative estimate of drug-likeness (QED) is 0.495. The molecule has 172 valence electrons. The molecule has 0 aliphatic heterocycles. The maximum atomic E-state index is 11.3. The third-order valence-corrected chi connectivity index (χ3v) is 11.1. The van der Waals surface area contributed by atoms with Crippen molar-refractivity contribution in [2.45, 2.75) is 112 Å². The molecule has 0 aromatic rings. The van der Waals surface area contributed by atoms with Gasteiger partial charge in [-0.3, -0.25) is 0 Å². The fourth-order valence-electron chi connectivity index (χ4n) is 8.67. The summed E-state index contributed by atoms with van der Waals surface area (Å²) < 4.78 is 0. The Balaban J connectivity index is 1.53. The molecular formula is C28H48O2. The highest BCUT2D eigenvalue weighted by atomic mass is 16.3. The minimum Gasteiger partial charge on any atom is -0.393 e. The molecule has 4 aliphatic carbocycles. The van der Waals surface area contributed by atoms with Gasteiger partial charge in [0.1, 0.15) is 0 Å². The average molecular weight is 417 g/mol. The molecule has 2 nitrogen and oxygen atoms in total. The first-order valence-corrected chi connectivity index (χ1v) is 13.1. The molecule has 4 aliphatic rings. The van der Waals surface area contributed by atoms with E-state index < -0.39 is 0 Å². The maximum Gasteiger partial charge on any atom is 0.0757 e. The Morgan fingerprint density at radius 3 is 2.37 bits per heavy atom. The van der Waals surface area contributed by atoms with Crippen molar-refractivity contribution in [1.29, 1.82) is 0 Å². The number of aliphatic hydroxyl groups excluding tert-OH is 2. The van der Waals surface area contributed by atoms with Crippen LogP contribution in [0.4, 0.5) is 0 Å². The van der Waals surface area contributed by atoms with Gasteiger partial charge in [-0.15, -0.1) is 0 Å².